The number of amides is 1. The molecule has 1 fully saturated rings. The highest BCUT2D eigenvalue weighted by Gasteiger charge is 2.30. The van der Waals surface area contributed by atoms with Gasteiger partial charge < -0.3 is 10.4 Å². The molecule has 0 spiro atoms. The van der Waals surface area contributed by atoms with Crippen LogP contribution in [0.3, 0.4) is 0 Å². The van der Waals surface area contributed by atoms with E-state index in [1.165, 1.54) is 11.8 Å². The van der Waals surface area contributed by atoms with Crippen LogP contribution in [0.4, 0.5) is 0 Å². The Kier molecular flexibility index (Phi) is 5.32. The highest BCUT2D eigenvalue weighted by Crippen LogP contribution is 2.24. The lowest BCUT2D eigenvalue weighted by molar-refractivity contribution is -0.118. The number of rotatable bonds is 4. The summed E-state index contributed by atoms with van der Waals surface area (Å²) in [5.74, 6) is 0.148. The molecule has 1 heterocycles. The Labute approximate surface area is 152 Å². The van der Waals surface area contributed by atoms with Crippen molar-refractivity contribution in [1.82, 2.24) is 5.32 Å². The summed E-state index contributed by atoms with van der Waals surface area (Å²) in [6, 6.07) is 14.5. The lowest BCUT2D eigenvalue weighted by atomic mass is 10.1. The van der Waals surface area contributed by atoms with Gasteiger partial charge in [0.15, 0.2) is 5.17 Å². The third kappa shape index (κ3) is 4.46. The summed E-state index contributed by atoms with van der Waals surface area (Å²) in [7, 11) is 0. The summed E-state index contributed by atoms with van der Waals surface area (Å²) < 4.78 is 1.01. The van der Waals surface area contributed by atoms with Gasteiger partial charge in [0, 0.05) is 4.47 Å². The van der Waals surface area contributed by atoms with Crippen LogP contribution in [0.15, 0.2) is 63.2 Å². The zero-order valence-corrected chi connectivity index (χ0v) is 14.9. The number of carbonyl (C=O) groups excluding carboxylic acids is 1. The maximum atomic E-state index is 12.0. The van der Waals surface area contributed by atoms with Crippen LogP contribution >= 0.6 is 27.7 Å². The van der Waals surface area contributed by atoms with Crippen LogP contribution in [-0.2, 0) is 11.2 Å². The molecule has 1 saturated heterocycles. The molecule has 2 aromatic carbocycles. The van der Waals surface area contributed by atoms with Crippen LogP contribution in [-0.4, -0.2) is 27.6 Å². The van der Waals surface area contributed by atoms with Crippen molar-refractivity contribution in [3.8, 4) is 5.75 Å². The fourth-order valence-corrected chi connectivity index (χ4v) is 3.36. The first-order valence-electron chi connectivity index (χ1n) is 7.22. The molecule has 2 N–H and O–H groups in total. The Hall–Kier alpha value is -2.12. The molecule has 7 heteroatoms. The van der Waals surface area contributed by atoms with Gasteiger partial charge in [-0.2, -0.15) is 5.10 Å². The van der Waals surface area contributed by atoms with Gasteiger partial charge in [0.1, 0.15) is 5.75 Å². The Bertz CT molecular complexity index is 788. The van der Waals surface area contributed by atoms with E-state index in [1.807, 2.05) is 24.3 Å². The van der Waals surface area contributed by atoms with Crippen LogP contribution in [0.2, 0.25) is 0 Å². The Morgan fingerprint density at radius 3 is 2.58 bits per heavy atom. The first-order chi connectivity index (χ1) is 11.6. The van der Waals surface area contributed by atoms with Gasteiger partial charge in [-0.1, -0.05) is 39.8 Å². The zero-order valence-electron chi connectivity index (χ0n) is 12.5. The minimum Gasteiger partial charge on any atom is -0.508 e. The van der Waals surface area contributed by atoms with E-state index >= 15 is 0 Å². The van der Waals surface area contributed by atoms with Crippen molar-refractivity contribution >= 4 is 45.0 Å². The Balaban J connectivity index is 1.61. The molecule has 0 saturated carbocycles. The molecule has 1 aliphatic heterocycles. The summed E-state index contributed by atoms with van der Waals surface area (Å²) in [5, 5.41) is 20.3. The lowest BCUT2D eigenvalue weighted by Gasteiger charge is -2.05. The summed E-state index contributed by atoms with van der Waals surface area (Å²) in [4.78, 5) is 12.0. The molecule has 0 radical (unpaired) electrons. The molecule has 1 aliphatic rings. The quantitative estimate of drug-likeness (QED) is 0.607. The van der Waals surface area contributed by atoms with Crippen molar-refractivity contribution < 1.29 is 9.90 Å². The van der Waals surface area contributed by atoms with Crippen molar-refractivity contribution in [3.63, 3.8) is 0 Å². The molecule has 2 aromatic rings. The topological polar surface area (TPSA) is 74.0 Å². The second kappa shape index (κ2) is 7.63. The SMILES string of the molecule is O=C1N/C(=N/N=C\c2ccc(O)cc2)S[C@H]1Cc1ccc(Br)cc1. The van der Waals surface area contributed by atoms with Crippen LogP contribution in [0.5, 0.6) is 5.75 Å². The highest BCUT2D eigenvalue weighted by atomic mass is 79.9. The number of phenols is 1. The standard InChI is InChI=1S/C17H14BrN3O2S/c18-13-5-1-11(2-6-13)9-15-16(23)20-17(24-15)21-19-10-12-3-7-14(22)8-4-12/h1-8,10,15,22H,9H2,(H,20,21,23)/b19-10-/t15-/m0/s1. The Morgan fingerprint density at radius 1 is 1.17 bits per heavy atom. The molecule has 5 nitrogen and oxygen atoms in total. The normalized spacial score (nSPS) is 19.1. The average Bonchev–Trinajstić information content (AvgIpc) is 2.91. The first-order valence-corrected chi connectivity index (χ1v) is 8.89. The first kappa shape index (κ1) is 16.7. The number of carbonyl (C=O) groups is 1. The number of amidine groups is 1. The fraction of sp³-hybridized carbons (Fsp3) is 0.118. The van der Waals surface area contributed by atoms with E-state index in [-0.39, 0.29) is 16.9 Å². The molecular formula is C17H14BrN3O2S. The maximum Gasteiger partial charge on any atom is 0.239 e. The average molecular weight is 404 g/mol. The van der Waals surface area contributed by atoms with Crippen molar-refractivity contribution in [2.75, 3.05) is 0 Å². The number of thioether (sulfide) groups is 1. The van der Waals surface area contributed by atoms with Crippen LogP contribution in [0, 0.1) is 0 Å². The number of nitrogens with zero attached hydrogens (tertiary/aromatic N) is 2. The van der Waals surface area contributed by atoms with E-state index in [2.05, 4.69) is 31.4 Å². The van der Waals surface area contributed by atoms with E-state index in [0.29, 0.717) is 11.6 Å². The number of nitrogens with one attached hydrogen (secondary N) is 1. The smallest absolute Gasteiger partial charge is 0.239 e. The summed E-state index contributed by atoms with van der Waals surface area (Å²) >= 11 is 4.78. The minimum absolute atomic E-state index is 0.0542. The van der Waals surface area contributed by atoms with Gasteiger partial charge in [0.25, 0.3) is 0 Å². The highest BCUT2D eigenvalue weighted by molar-refractivity contribution is 9.10. The second-order valence-electron chi connectivity index (χ2n) is 5.17. The summed E-state index contributed by atoms with van der Waals surface area (Å²) in [5.41, 5.74) is 1.91. The molecular weight excluding hydrogens is 390 g/mol. The third-order valence-corrected chi connectivity index (χ3v) is 4.96. The van der Waals surface area contributed by atoms with Gasteiger partial charge >= 0.3 is 0 Å². The second-order valence-corrected chi connectivity index (χ2v) is 7.27. The van der Waals surface area contributed by atoms with Gasteiger partial charge in [-0.3, -0.25) is 4.79 Å². The van der Waals surface area contributed by atoms with Crippen LogP contribution in [0.25, 0.3) is 0 Å². The number of phenolic OH excluding ortho intramolecular Hbond substituents is 1. The van der Waals surface area contributed by atoms with Crippen LogP contribution < -0.4 is 5.32 Å². The van der Waals surface area contributed by atoms with Crippen molar-refractivity contribution in [2.24, 2.45) is 10.2 Å². The van der Waals surface area contributed by atoms with Crippen molar-refractivity contribution in [3.05, 3.63) is 64.1 Å². The van der Waals surface area contributed by atoms with Crippen molar-refractivity contribution in [2.45, 2.75) is 11.7 Å². The van der Waals surface area contributed by atoms with E-state index in [4.69, 9.17) is 0 Å². The minimum atomic E-state index is -0.200. The van der Waals surface area contributed by atoms with E-state index in [1.54, 1.807) is 30.5 Å². The molecule has 0 aliphatic carbocycles. The zero-order chi connectivity index (χ0) is 16.9. The summed E-state index contributed by atoms with van der Waals surface area (Å²) in [6.45, 7) is 0. The summed E-state index contributed by atoms with van der Waals surface area (Å²) in [6.07, 6.45) is 2.21. The van der Waals surface area contributed by atoms with E-state index in [9.17, 15) is 9.90 Å². The van der Waals surface area contributed by atoms with Gasteiger partial charge in [-0.25, -0.2) is 0 Å². The molecule has 0 unspecified atom stereocenters. The van der Waals surface area contributed by atoms with Gasteiger partial charge in [-0.05, 0) is 53.9 Å². The van der Waals surface area contributed by atoms with E-state index < -0.39 is 0 Å². The number of hydrogen-bond acceptors (Lipinski definition) is 5. The lowest BCUT2D eigenvalue weighted by Crippen LogP contribution is -2.25. The van der Waals surface area contributed by atoms with Gasteiger partial charge in [0.2, 0.25) is 5.91 Å². The molecule has 0 bridgehead atoms. The molecule has 3 rings (SSSR count). The number of hydrogen-bond donors (Lipinski definition) is 2. The fourth-order valence-electron chi connectivity index (χ4n) is 2.13. The molecule has 24 heavy (non-hydrogen) atoms. The van der Waals surface area contributed by atoms with E-state index in [0.717, 1.165) is 15.6 Å². The maximum absolute atomic E-state index is 12.0. The molecule has 1 amide bonds. The number of benzene rings is 2. The third-order valence-electron chi connectivity index (χ3n) is 3.36. The molecule has 122 valence electrons. The largest absolute Gasteiger partial charge is 0.508 e. The molecule has 1 atom stereocenters. The molecule has 0 aromatic heterocycles. The predicted molar refractivity (Wildman–Crippen MR) is 101 cm³/mol. The Morgan fingerprint density at radius 2 is 1.88 bits per heavy atom. The van der Waals surface area contributed by atoms with Gasteiger partial charge in [0.05, 0.1) is 11.5 Å². The monoisotopic (exact) mass is 403 g/mol. The van der Waals surface area contributed by atoms with Gasteiger partial charge in [-0.15, -0.1) is 5.10 Å². The number of aromatic hydroxyl groups is 1. The van der Waals surface area contributed by atoms with Crippen molar-refractivity contribution in [1.29, 1.82) is 0 Å². The number of halogens is 1. The van der Waals surface area contributed by atoms with Crippen LogP contribution in [0.1, 0.15) is 11.1 Å². The predicted octanol–water partition coefficient (Wildman–Crippen LogP) is 3.32.